The highest BCUT2D eigenvalue weighted by Crippen LogP contribution is 2.35. The molecule has 0 aliphatic carbocycles. The van der Waals surface area contributed by atoms with Crippen LogP contribution in [0.3, 0.4) is 0 Å². The van der Waals surface area contributed by atoms with Gasteiger partial charge >= 0.3 is 0 Å². The summed E-state index contributed by atoms with van der Waals surface area (Å²) in [5, 5.41) is 2.63. The van der Waals surface area contributed by atoms with E-state index in [1.165, 1.54) is 14.2 Å². The smallest absolute Gasteiger partial charge is 0.294 e. The molecule has 0 unspecified atom stereocenters. The minimum atomic E-state index is -0.542. The van der Waals surface area contributed by atoms with Crippen LogP contribution in [0.25, 0.3) is 6.08 Å². The van der Waals surface area contributed by atoms with Crippen molar-refractivity contribution >= 4 is 52.2 Å². The lowest BCUT2D eigenvalue weighted by Gasteiger charge is -2.13. The molecule has 0 atom stereocenters. The van der Waals surface area contributed by atoms with Crippen molar-refractivity contribution in [2.24, 2.45) is 0 Å². The third-order valence-electron chi connectivity index (χ3n) is 4.36. The number of hydrogen-bond acceptors (Lipinski definition) is 6. The number of anilines is 1. The molecule has 1 heterocycles. The van der Waals surface area contributed by atoms with Crippen LogP contribution >= 0.6 is 23.4 Å². The van der Waals surface area contributed by atoms with Crippen LogP contribution in [0.1, 0.15) is 11.1 Å². The molecule has 1 aliphatic heterocycles. The molecule has 0 spiro atoms. The zero-order chi connectivity index (χ0) is 21.8. The molecule has 0 bridgehead atoms. The van der Waals surface area contributed by atoms with Gasteiger partial charge in [-0.15, -0.1) is 0 Å². The molecule has 0 saturated carbocycles. The first kappa shape index (κ1) is 21.7. The maximum atomic E-state index is 12.7. The van der Waals surface area contributed by atoms with Gasteiger partial charge in [0, 0.05) is 22.3 Å². The third-order valence-corrected chi connectivity index (χ3v) is 5.67. The zero-order valence-corrected chi connectivity index (χ0v) is 18.1. The van der Waals surface area contributed by atoms with Crippen LogP contribution < -0.4 is 14.8 Å². The molecule has 3 amide bonds. The molecule has 30 heavy (non-hydrogen) atoms. The van der Waals surface area contributed by atoms with Crippen LogP contribution in [0.5, 0.6) is 11.5 Å². The fourth-order valence-electron chi connectivity index (χ4n) is 2.73. The summed E-state index contributed by atoms with van der Waals surface area (Å²) in [7, 11) is 3.04. The van der Waals surface area contributed by atoms with Crippen LogP contribution in [-0.2, 0) is 9.59 Å². The molecule has 156 valence electrons. The Morgan fingerprint density at radius 1 is 1.17 bits per heavy atom. The number of carbonyl (C=O) groups is 3. The number of nitrogens with one attached hydrogen (secondary N) is 1. The second kappa shape index (κ2) is 9.23. The standard InChI is InChI=1S/C21H19ClN2O5S/c1-12-4-6-14(9-16(12)22)23-19(25)11-24-20(26)18(30-21(24)27)8-13-5-7-15(28-2)10-17(13)29-3/h4-10H,11H2,1-3H3,(H,23,25)/b18-8+. The number of methoxy groups -OCH3 is 2. The summed E-state index contributed by atoms with van der Waals surface area (Å²) in [6.07, 6.45) is 1.56. The fourth-order valence-corrected chi connectivity index (χ4v) is 3.74. The van der Waals surface area contributed by atoms with Gasteiger partial charge in [0.2, 0.25) is 5.91 Å². The van der Waals surface area contributed by atoms with Gasteiger partial charge < -0.3 is 14.8 Å². The molecule has 1 fully saturated rings. The Bertz CT molecular complexity index is 1050. The van der Waals surface area contributed by atoms with Crippen LogP contribution in [0, 0.1) is 6.92 Å². The Morgan fingerprint density at radius 3 is 2.60 bits per heavy atom. The molecule has 0 aromatic heterocycles. The molecule has 2 aromatic rings. The van der Waals surface area contributed by atoms with Crippen molar-refractivity contribution in [2.45, 2.75) is 6.92 Å². The number of imide groups is 1. The van der Waals surface area contributed by atoms with Gasteiger partial charge in [-0.2, -0.15) is 0 Å². The highest BCUT2D eigenvalue weighted by atomic mass is 35.5. The average Bonchev–Trinajstić information content (AvgIpc) is 2.98. The molecule has 2 aromatic carbocycles. The fraction of sp³-hybridized carbons (Fsp3) is 0.190. The number of benzene rings is 2. The number of halogens is 1. The van der Waals surface area contributed by atoms with Gasteiger partial charge in [0.25, 0.3) is 11.1 Å². The van der Waals surface area contributed by atoms with Crippen LogP contribution in [0.2, 0.25) is 5.02 Å². The summed E-state index contributed by atoms with van der Waals surface area (Å²) in [6, 6.07) is 10.2. The van der Waals surface area contributed by atoms with Gasteiger partial charge in [-0.25, -0.2) is 0 Å². The topological polar surface area (TPSA) is 84.9 Å². The van der Waals surface area contributed by atoms with Crippen molar-refractivity contribution in [3.05, 3.63) is 57.5 Å². The van der Waals surface area contributed by atoms with Gasteiger partial charge in [0.05, 0.1) is 19.1 Å². The minimum absolute atomic E-state index is 0.203. The van der Waals surface area contributed by atoms with Gasteiger partial charge in [-0.1, -0.05) is 17.7 Å². The number of carbonyl (C=O) groups excluding carboxylic acids is 3. The van der Waals surface area contributed by atoms with Crippen molar-refractivity contribution in [3.63, 3.8) is 0 Å². The molecule has 1 aliphatic rings. The van der Waals surface area contributed by atoms with E-state index in [1.807, 2.05) is 6.92 Å². The Morgan fingerprint density at radius 2 is 1.93 bits per heavy atom. The van der Waals surface area contributed by atoms with Crippen LogP contribution in [-0.4, -0.2) is 42.7 Å². The summed E-state index contributed by atoms with van der Waals surface area (Å²) in [5.41, 5.74) is 1.98. The number of rotatable bonds is 6. The Balaban J connectivity index is 1.73. The maximum absolute atomic E-state index is 12.7. The number of ether oxygens (including phenoxy) is 2. The number of nitrogens with zero attached hydrogens (tertiary/aromatic N) is 1. The van der Waals surface area contributed by atoms with E-state index in [2.05, 4.69) is 5.32 Å². The van der Waals surface area contributed by atoms with Crippen molar-refractivity contribution in [1.82, 2.24) is 4.90 Å². The molecular formula is C21H19ClN2O5S. The molecule has 7 nitrogen and oxygen atoms in total. The van der Waals surface area contributed by atoms with Crippen molar-refractivity contribution in [3.8, 4) is 11.5 Å². The third kappa shape index (κ3) is 4.77. The molecular weight excluding hydrogens is 428 g/mol. The number of aryl methyl sites for hydroxylation is 1. The highest BCUT2D eigenvalue weighted by Gasteiger charge is 2.36. The molecule has 3 rings (SSSR count). The monoisotopic (exact) mass is 446 g/mol. The summed E-state index contributed by atoms with van der Waals surface area (Å²) in [6.45, 7) is 1.45. The largest absolute Gasteiger partial charge is 0.497 e. The maximum Gasteiger partial charge on any atom is 0.294 e. The van der Waals surface area contributed by atoms with Crippen LogP contribution in [0.4, 0.5) is 10.5 Å². The van der Waals surface area contributed by atoms with E-state index < -0.39 is 23.6 Å². The molecule has 0 radical (unpaired) electrons. The normalized spacial score (nSPS) is 14.9. The van der Waals surface area contributed by atoms with E-state index in [9.17, 15) is 14.4 Å². The van der Waals surface area contributed by atoms with Gasteiger partial charge in [-0.05, 0) is 54.6 Å². The minimum Gasteiger partial charge on any atom is -0.497 e. The highest BCUT2D eigenvalue weighted by molar-refractivity contribution is 8.18. The second-order valence-corrected chi connectivity index (χ2v) is 7.79. The number of hydrogen-bond donors (Lipinski definition) is 1. The van der Waals surface area contributed by atoms with E-state index in [4.69, 9.17) is 21.1 Å². The predicted octanol–water partition coefficient (Wildman–Crippen LogP) is 4.34. The summed E-state index contributed by atoms with van der Waals surface area (Å²) in [4.78, 5) is 38.4. The Kier molecular flexibility index (Phi) is 6.69. The zero-order valence-electron chi connectivity index (χ0n) is 16.5. The second-order valence-electron chi connectivity index (χ2n) is 6.39. The van der Waals surface area contributed by atoms with Gasteiger partial charge in [-0.3, -0.25) is 19.3 Å². The first-order valence-corrected chi connectivity index (χ1v) is 10.0. The SMILES string of the molecule is COc1ccc(/C=C2/SC(=O)N(CC(=O)Nc3ccc(C)c(Cl)c3)C2=O)c(OC)c1. The molecule has 9 heteroatoms. The van der Waals surface area contributed by atoms with Crippen molar-refractivity contribution in [2.75, 3.05) is 26.1 Å². The van der Waals surface area contributed by atoms with Gasteiger partial charge in [0.1, 0.15) is 18.0 Å². The van der Waals surface area contributed by atoms with Crippen molar-refractivity contribution < 1.29 is 23.9 Å². The lowest BCUT2D eigenvalue weighted by molar-refractivity contribution is -0.127. The first-order valence-electron chi connectivity index (χ1n) is 8.85. The van der Waals surface area contributed by atoms with E-state index in [-0.39, 0.29) is 4.91 Å². The lowest BCUT2D eigenvalue weighted by Crippen LogP contribution is -2.36. The Labute approximate surface area is 183 Å². The number of amides is 3. The van der Waals surface area contributed by atoms with Crippen molar-refractivity contribution in [1.29, 1.82) is 0 Å². The quantitative estimate of drug-likeness (QED) is 0.664. The van der Waals surface area contributed by atoms with Gasteiger partial charge in [0.15, 0.2) is 0 Å². The first-order chi connectivity index (χ1) is 14.3. The van der Waals surface area contributed by atoms with E-state index in [0.29, 0.717) is 27.8 Å². The van der Waals surface area contributed by atoms with E-state index in [1.54, 1.807) is 42.5 Å². The lowest BCUT2D eigenvalue weighted by atomic mass is 10.1. The molecule has 1 N–H and O–H groups in total. The molecule has 1 saturated heterocycles. The summed E-state index contributed by atoms with van der Waals surface area (Å²) < 4.78 is 10.5. The Hall–Kier alpha value is -2.97. The van der Waals surface area contributed by atoms with E-state index in [0.717, 1.165) is 22.2 Å². The average molecular weight is 447 g/mol. The summed E-state index contributed by atoms with van der Waals surface area (Å²) in [5.74, 6) is 0.0561. The number of thioether (sulfide) groups is 1. The van der Waals surface area contributed by atoms with Crippen LogP contribution in [0.15, 0.2) is 41.3 Å². The van der Waals surface area contributed by atoms with E-state index >= 15 is 0 Å². The summed E-state index contributed by atoms with van der Waals surface area (Å²) >= 11 is 6.82. The predicted molar refractivity (Wildman–Crippen MR) is 117 cm³/mol.